The molecule has 1 aliphatic heterocycles. The quantitative estimate of drug-likeness (QED) is 0.810. The highest BCUT2D eigenvalue weighted by molar-refractivity contribution is 7.91. The molecule has 94 valence electrons. The maximum absolute atomic E-state index is 11.3. The highest BCUT2D eigenvalue weighted by Gasteiger charge is 2.26. The number of hydrogen-bond acceptors (Lipinski definition) is 6. The lowest BCUT2D eigenvalue weighted by molar-refractivity contribution is 0.538. The van der Waals surface area contributed by atoms with Crippen LogP contribution >= 0.6 is 0 Å². The van der Waals surface area contributed by atoms with E-state index in [1.165, 1.54) is 0 Å². The lowest BCUT2D eigenvalue weighted by Crippen LogP contribution is -2.23. The van der Waals surface area contributed by atoms with Crippen LogP contribution in [-0.4, -0.2) is 35.1 Å². The van der Waals surface area contributed by atoms with Crippen LogP contribution in [0.5, 0.6) is 0 Å². The van der Waals surface area contributed by atoms with Crippen molar-refractivity contribution >= 4 is 9.84 Å². The Morgan fingerprint density at radius 3 is 2.65 bits per heavy atom. The molecule has 0 bridgehead atoms. The van der Waals surface area contributed by atoms with Crippen molar-refractivity contribution in [1.29, 1.82) is 0 Å². The molecule has 0 saturated carbocycles. The molecule has 2 rings (SSSR count). The molecule has 1 unspecified atom stereocenters. The van der Waals surface area contributed by atoms with Crippen molar-refractivity contribution in [2.75, 3.05) is 11.5 Å². The Kier molecular flexibility index (Phi) is 3.39. The molecule has 6 nitrogen and oxygen atoms in total. The van der Waals surface area contributed by atoms with Crippen LogP contribution in [0.25, 0.3) is 0 Å². The average Bonchev–Trinajstić information content (AvgIpc) is 2.29. The lowest BCUT2D eigenvalue weighted by Gasteiger charge is -2.21. The van der Waals surface area contributed by atoms with Gasteiger partial charge in [-0.3, -0.25) is 0 Å². The zero-order valence-electron chi connectivity index (χ0n) is 9.70. The summed E-state index contributed by atoms with van der Waals surface area (Å²) in [5.41, 5.74) is 6.50. The number of rotatable bonds is 2. The summed E-state index contributed by atoms with van der Waals surface area (Å²) in [6.45, 7) is 1.80. The summed E-state index contributed by atoms with van der Waals surface area (Å²) in [4.78, 5) is 4.35. The summed E-state index contributed by atoms with van der Waals surface area (Å²) in [7, 11) is -2.84. The Hall–Kier alpha value is -1.08. The van der Waals surface area contributed by atoms with Gasteiger partial charge in [-0.1, -0.05) is 0 Å². The minimum absolute atomic E-state index is 0.159. The van der Waals surface area contributed by atoms with Crippen LogP contribution in [-0.2, 0) is 9.84 Å². The number of sulfone groups is 1. The highest BCUT2D eigenvalue weighted by Crippen LogP contribution is 2.27. The first kappa shape index (κ1) is 12.4. The fourth-order valence-corrected chi connectivity index (χ4v) is 3.40. The molecule has 0 spiro atoms. The van der Waals surface area contributed by atoms with Crippen LogP contribution in [0.2, 0.25) is 0 Å². The molecular weight excluding hydrogens is 240 g/mol. The first-order valence-corrected chi connectivity index (χ1v) is 7.45. The zero-order valence-corrected chi connectivity index (χ0v) is 10.5. The summed E-state index contributed by atoms with van der Waals surface area (Å²) in [6, 6.07) is -0.255. The van der Waals surface area contributed by atoms with E-state index in [0.717, 1.165) is 5.69 Å². The largest absolute Gasteiger partial charge is 0.321 e. The average molecular weight is 256 g/mol. The summed E-state index contributed by atoms with van der Waals surface area (Å²) in [5.74, 6) is 1.13. The van der Waals surface area contributed by atoms with E-state index in [4.69, 9.17) is 5.73 Å². The van der Waals surface area contributed by atoms with Crippen LogP contribution in [0.15, 0.2) is 6.20 Å². The molecule has 1 aromatic heterocycles. The number of nitrogens with two attached hydrogens (primary N) is 1. The van der Waals surface area contributed by atoms with Crippen LogP contribution in [0, 0.1) is 0 Å². The van der Waals surface area contributed by atoms with E-state index in [-0.39, 0.29) is 23.5 Å². The first-order chi connectivity index (χ1) is 7.98. The van der Waals surface area contributed by atoms with Crippen molar-refractivity contribution in [3.05, 3.63) is 17.7 Å². The van der Waals surface area contributed by atoms with Gasteiger partial charge in [0.05, 0.1) is 29.4 Å². The maximum atomic E-state index is 11.3. The lowest BCUT2D eigenvalue weighted by atomic mass is 9.99. The Labute approximate surface area is 101 Å². The van der Waals surface area contributed by atoms with Gasteiger partial charge in [0.25, 0.3) is 0 Å². The second-order valence-electron chi connectivity index (χ2n) is 4.45. The van der Waals surface area contributed by atoms with Gasteiger partial charge in [0.2, 0.25) is 0 Å². The van der Waals surface area contributed by atoms with Crippen molar-refractivity contribution in [2.45, 2.75) is 31.7 Å². The summed E-state index contributed by atoms with van der Waals surface area (Å²) in [5, 5.41) is 7.73. The summed E-state index contributed by atoms with van der Waals surface area (Å²) >= 11 is 0. The van der Waals surface area contributed by atoms with Gasteiger partial charge in [-0.15, -0.1) is 5.10 Å². The molecule has 2 heterocycles. The molecule has 0 amide bonds. The van der Waals surface area contributed by atoms with Gasteiger partial charge in [-0.2, -0.15) is 5.10 Å². The molecule has 7 heteroatoms. The van der Waals surface area contributed by atoms with Crippen LogP contribution < -0.4 is 5.73 Å². The van der Waals surface area contributed by atoms with Gasteiger partial charge in [-0.25, -0.2) is 13.4 Å². The molecule has 0 aliphatic carbocycles. The predicted octanol–water partition coefficient (Wildman–Crippen LogP) is 0.183. The molecular formula is C10H16N4O2S. The van der Waals surface area contributed by atoms with Gasteiger partial charge >= 0.3 is 0 Å². The predicted molar refractivity (Wildman–Crippen MR) is 63.1 cm³/mol. The SMILES string of the molecule is CC(N)c1nncc(C2CCS(=O)(=O)CC2)n1. The van der Waals surface area contributed by atoms with Crippen molar-refractivity contribution in [1.82, 2.24) is 15.2 Å². The molecule has 1 saturated heterocycles. The number of nitrogens with zero attached hydrogens (tertiary/aromatic N) is 3. The Bertz CT molecular complexity index is 487. The van der Waals surface area contributed by atoms with Gasteiger partial charge in [0.15, 0.2) is 5.82 Å². The summed E-state index contributed by atoms with van der Waals surface area (Å²) < 4.78 is 22.7. The van der Waals surface area contributed by atoms with Gasteiger partial charge in [0, 0.05) is 5.92 Å². The van der Waals surface area contributed by atoms with E-state index in [0.29, 0.717) is 18.7 Å². The third-order valence-electron chi connectivity index (χ3n) is 2.97. The second-order valence-corrected chi connectivity index (χ2v) is 6.76. The molecule has 17 heavy (non-hydrogen) atoms. The summed E-state index contributed by atoms with van der Waals surface area (Å²) in [6.07, 6.45) is 2.83. The fraction of sp³-hybridized carbons (Fsp3) is 0.700. The number of aromatic nitrogens is 3. The van der Waals surface area contributed by atoms with Crippen molar-refractivity contribution in [3.63, 3.8) is 0 Å². The second kappa shape index (κ2) is 4.66. The Morgan fingerprint density at radius 1 is 1.41 bits per heavy atom. The van der Waals surface area contributed by atoms with Gasteiger partial charge in [0.1, 0.15) is 9.84 Å². The monoisotopic (exact) mass is 256 g/mol. The Balaban J connectivity index is 2.16. The van der Waals surface area contributed by atoms with Gasteiger partial charge < -0.3 is 5.73 Å². The molecule has 1 aliphatic rings. The highest BCUT2D eigenvalue weighted by atomic mass is 32.2. The molecule has 0 radical (unpaired) electrons. The van der Waals surface area contributed by atoms with E-state index in [9.17, 15) is 8.42 Å². The van der Waals surface area contributed by atoms with Crippen molar-refractivity contribution in [3.8, 4) is 0 Å². The molecule has 1 atom stereocenters. The van der Waals surface area contributed by atoms with Crippen LogP contribution in [0.1, 0.15) is 43.2 Å². The molecule has 2 N–H and O–H groups in total. The van der Waals surface area contributed by atoms with Crippen molar-refractivity contribution < 1.29 is 8.42 Å². The molecule has 1 fully saturated rings. The normalized spacial score (nSPS) is 22.2. The van der Waals surface area contributed by atoms with E-state index in [1.54, 1.807) is 13.1 Å². The van der Waals surface area contributed by atoms with Crippen LogP contribution in [0.4, 0.5) is 0 Å². The molecule has 0 aromatic carbocycles. The maximum Gasteiger partial charge on any atom is 0.167 e. The van der Waals surface area contributed by atoms with E-state index < -0.39 is 9.84 Å². The molecule has 1 aromatic rings. The topological polar surface area (TPSA) is 98.8 Å². The van der Waals surface area contributed by atoms with Crippen LogP contribution in [0.3, 0.4) is 0 Å². The third kappa shape index (κ3) is 2.98. The van der Waals surface area contributed by atoms with E-state index >= 15 is 0 Å². The third-order valence-corrected chi connectivity index (χ3v) is 4.69. The first-order valence-electron chi connectivity index (χ1n) is 5.63. The Morgan fingerprint density at radius 2 is 2.06 bits per heavy atom. The zero-order chi connectivity index (χ0) is 12.5. The number of hydrogen-bond donors (Lipinski definition) is 1. The van der Waals surface area contributed by atoms with Gasteiger partial charge in [-0.05, 0) is 19.8 Å². The minimum atomic E-state index is -2.84. The smallest absolute Gasteiger partial charge is 0.167 e. The minimum Gasteiger partial charge on any atom is -0.321 e. The van der Waals surface area contributed by atoms with Crippen molar-refractivity contribution in [2.24, 2.45) is 5.73 Å². The van der Waals surface area contributed by atoms with E-state index in [1.807, 2.05) is 0 Å². The standard InChI is InChI=1S/C10H16N4O2S/c1-7(11)10-13-9(6-12-14-10)8-2-4-17(15,16)5-3-8/h6-8H,2-5,11H2,1H3. The van der Waals surface area contributed by atoms with E-state index in [2.05, 4.69) is 15.2 Å². The fourth-order valence-electron chi connectivity index (χ4n) is 1.91.